The molecule has 1 aromatic rings. The first-order chi connectivity index (χ1) is 12.6. The van der Waals surface area contributed by atoms with Gasteiger partial charge in [-0.25, -0.2) is 0 Å². The van der Waals surface area contributed by atoms with Crippen LogP contribution >= 0.6 is 11.3 Å². The molecule has 1 saturated carbocycles. The van der Waals surface area contributed by atoms with Gasteiger partial charge >= 0.3 is 0 Å². The Morgan fingerprint density at radius 2 is 1.85 bits per heavy atom. The summed E-state index contributed by atoms with van der Waals surface area (Å²) >= 11 is 1.48. The van der Waals surface area contributed by atoms with Crippen LogP contribution in [0.3, 0.4) is 0 Å². The zero-order valence-electron chi connectivity index (χ0n) is 14.5. The molecule has 1 saturated heterocycles. The summed E-state index contributed by atoms with van der Waals surface area (Å²) in [5.41, 5.74) is 1.65. The number of nitrogens with zero attached hydrogens (tertiary/aromatic N) is 2. The van der Waals surface area contributed by atoms with Crippen molar-refractivity contribution < 1.29 is 14.4 Å². The van der Waals surface area contributed by atoms with Crippen LogP contribution in [0.1, 0.15) is 54.5 Å². The number of carbonyl (C=O) groups excluding carboxylic acids is 3. The molecule has 2 atom stereocenters. The van der Waals surface area contributed by atoms with Gasteiger partial charge in [-0.3, -0.25) is 19.3 Å². The van der Waals surface area contributed by atoms with Crippen LogP contribution in [0.25, 0.3) is 0 Å². The number of hydrogen-bond donors (Lipinski definition) is 1. The molecular weight excluding hydrogens is 350 g/mol. The maximum atomic E-state index is 12.4. The van der Waals surface area contributed by atoms with Crippen LogP contribution in [0.5, 0.6) is 0 Å². The number of aryl methyl sites for hydroxylation is 1. The predicted molar refractivity (Wildman–Crippen MR) is 96.5 cm³/mol. The third-order valence-electron chi connectivity index (χ3n) is 5.78. The van der Waals surface area contributed by atoms with Gasteiger partial charge in [0, 0.05) is 17.8 Å². The molecule has 0 aromatic carbocycles. The van der Waals surface area contributed by atoms with Crippen molar-refractivity contribution >= 4 is 34.1 Å². The molecule has 1 N–H and O–H groups in total. The lowest BCUT2D eigenvalue weighted by atomic mass is 9.81. The zero-order chi connectivity index (χ0) is 18.3. The molecule has 0 unspecified atom stereocenters. The summed E-state index contributed by atoms with van der Waals surface area (Å²) in [4.78, 5) is 39.7. The van der Waals surface area contributed by atoms with Crippen molar-refractivity contribution in [3.8, 4) is 6.07 Å². The van der Waals surface area contributed by atoms with Crippen LogP contribution in [0.15, 0.2) is 0 Å². The number of anilines is 1. The number of rotatable bonds is 4. The highest BCUT2D eigenvalue weighted by Gasteiger charge is 2.47. The minimum atomic E-state index is -0.253. The Morgan fingerprint density at radius 3 is 2.50 bits per heavy atom. The van der Waals surface area contributed by atoms with Crippen LogP contribution in [-0.2, 0) is 27.2 Å². The second-order valence-corrected chi connectivity index (χ2v) is 8.40. The molecule has 26 heavy (non-hydrogen) atoms. The summed E-state index contributed by atoms with van der Waals surface area (Å²) in [7, 11) is 0. The van der Waals surface area contributed by atoms with Crippen molar-refractivity contribution in [3.63, 3.8) is 0 Å². The van der Waals surface area contributed by atoms with Crippen molar-refractivity contribution in [2.24, 2.45) is 11.8 Å². The van der Waals surface area contributed by atoms with E-state index in [9.17, 15) is 19.6 Å². The number of thiophene rings is 1. The number of nitrogens with one attached hydrogen (secondary N) is 1. The quantitative estimate of drug-likeness (QED) is 0.824. The van der Waals surface area contributed by atoms with Gasteiger partial charge in [0.1, 0.15) is 11.1 Å². The maximum absolute atomic E-state index is 12.4. The highest BCUT2D eigenvalue weighted by molar-refractivity contribution is 7.16. The molecule has 3 amide bonds. The molecule has 1 aromatic heterocycles. The maximum Gasteiger partial charge on any atom is 0.233 e. The Kier molecular flexibility index (Phi) is 4.53. The normalized spacial score (nSPS) is 24.3. The highest BCUT2D eigenvalue weighted by atomic mass is 32.1. The van der Waals surface area contributed by atoms with E-state index in [-0.39, 0.29) is 42.5 Å². The lowest BCUT2D eigenvalue weighted by Crippen LogP contribution is -2.34. The number of carbonyl (C=O) groups is 3. The third kappa shape index (κ3) is 2.82. The molecule has 7 heteroatoms. The van der Waals surface area contributed by atoms with E-state index in [0.29, 0.717) is 10.6 Å². The molecular formula is C19H21N3O3S. The minimum absolute atomic E-state index is 0.0738. The van der Waals surface area contributed by atoms with Gasteiger partial charge in [0.05, 0.1) is 17.4 Å². The van der Waals surface area contributed by atoms with Gasteiger partial charge in [-0.05, 0) is 37.7 Å². The fourth-order valence-corrected chi connectivity index (χ4v) is 5.72. The first-order valence-corrected chi connectivity index (χ1v) is 10.1. The summed E-state index contributed by atoms with van der Waals surface area (Å²) in [6.45, 7) is 0.128. The summed E-state index contributed by atoms with van der Waals surface area (Å²) in [5, 5.41) is 12.8. The monoisotopic (exact) mass is 371 g/mol. The Labute approximate surface area is 156 Å². The molecule has 4 rings (SSSR count). The van der Waals surface area contributed by atoms with Gasteiger partial charge in [0.25, 0.3) is 0 Å². The Bertz CT molecular complexity index is 799. The Hall–Kier alpha value is -2.20. The molecule has 1 aliphatic heterocycles. The predicted octanol–water partition coefficient (Wildman–Crippen LogP) is 2.61. The van der Waals surface area contributed by atoms with Gasteiger partial charge in [-0.2, -0.15) is 5.26 Å². The molecule has 6 nitrogen and oxygen atoms in total. The lowest BCUT2D eigenvalue weighted by Gasteiger charge is -2.19. The van der Waals surface area contributed by atoms with E-state index in [1.165, 1.54) is 21.1 Å². The number of nitriles is 1. The van der Waals surface area contributed by atoms with Crippen molar-refractivity contribution in [1.82, 2.24) is 4.90 Å². The van der Waals surface area contributed by atoms with Crippen molar-refractivity contribution in [2.45, 2.75) is 51.4 Å². The van der Waals surface area contributed by atoms with Crippen molar-refractivity contribution in [1.29, 1.82) is 5.26 Å². The first kappa shape index (κ1) is 17.2. The molecule has 2 fully saturated rings. The summed E-state index contributed by atoms with van der Waals surface area (Å²) in [6.07, 6.45) is 6.54. The summed E-state index contributed by atoms with van der Waals surface area (Å²) in [6, 6.07) is 2.20. The van der Waals surface area contributed by atoms with Gasteiger partial charge in [0.15, 0.2) is 0 Å². The standard InChI is InChI=1S/C19H21N3O3S/c20-10-14-11-6-3-7-15(11)26-17(14)21-16(23)8-9-22-18(24)12-4-1-2-5-13(12)19(22)25/h12-13H,1-9H2,(H,21,23)/t12-,13+. The highest BCUT2D eigenvalue weighted by Crippen LogP contribution is 2.39. The van der Waals surface area contributed by atoms with Gasteiger partial charge in [-0.15, -0.1) is 11.3 Å². The number of hydrogen-bond acceptors (Lipinski definition) is 5. The molecule has 2 heterocycles. The average Bonchev–Trinajstić information content (AvgIpc) is 3.27. The topological polar surface area (TPSA) is 90.3 Å². The SMILES string of the molecule is N#Cc1c(NC(=O)CCN2C(=O)[C@H]3CCCC[C@H]3C2=O)sc2c1CCC2. The molecule has 2 aliphatic carbocycles. The molecule has 3 aliphatic rings. The fraction of sp³-hybridized carbons (Fsp3) is 0.579. The van der Waals surface area contributed by atoms with Crippen LogP contribution < -0.4 is 5.32 Å². The van der Waals surface area contributed by atoms with E-state index in [2.05, 4.69) is 11.4 Å². The van der Waals surface area contributed by atoms with E-state index in [0.717, 1.165) is 50.5 Å². The summed E-state index contributed by atoms with van der Waals surface area (Å²) < 4.78 is 0. The molecule has 0 radical (unpaired) electrons. The lowest BCUT2D eigenvalue weighted by molar-refractivity contribution is -0.140. The van der Waals surface area contributed by atoms with Crippen LogP contribution in [0, 0.1) is 23.2 Å². The average molecular weight is 371 g/mol. The van der Waals surface area contributed by atoms with Gasteiger partial charge in [0.2, 0.25) is 17.7 Å². The van der Waals surface area contributed by atoms with Crippen molar-refractivity contribution in [2.75, 3.05) is 11.9 Å². The largest absolute Gasteiger partial charge is 0.317 e. The number of amides is 3. The zero-order valence-corrected chi connectivity index (χ0v) is 15.4. The van der Waals surface area contributed by atoms with Gasteiger partial charge in [-0.1, -0.05) is 12.8 Å². The van der Waals surface area contributed by atoms with E-state index in [1.807, 2.05) is 0 Å². The third-order valence-corrected chi connectivity index (χ3v) is 6.99. The Morgan fingerprint density at radius 1 is 1.15 bits per heavy atom. The molecule has 0 spiro atoms. The molecule has 136 valence electrons. The van der Waals surface area contributed by atoms with E-state index < -0.39 is 0 Å². The minimum Gasteiger partial charge on any atom is -0.317 e. The van der Waals surface area contributed by atoms with Crippen LogP contribution in [0.2, 0.25) is 0 Å². The number of fused-ring (bicyclic) bond motifs is 2. The summed E-state index contributed by atoms with van der Waals surface area (Å²) in [5.74, 6) is -0.827. The van der Waals surface area contributed by atoms with Gasteiger partial charge < -0.3 is 5.32 Å². The second kappa shape index (κ2) is 6.84. The number of likely N-dealkylation sites (tertiary alicyclic amines) is 1. The van der Waals surface area contributed by atoms with Crippen molar-refractivity contribution in [3.05, 3.63) is 16.0 Å². The van der Waals surface area contributed by atoms with E-state index >= 15 is 0 Å². The van der Waals surface area contributed by atoms with Crippen LogP contribution in [-0.4, -0.2) is 29.2 Å². The second-order valence-electron chi connectivity index (χ2n) is 7.30. The number of imide groups is 1. The fourth-order valence-electron chi connectivity index (χ4n) is 4.46. The Balaban J connectivity index is 1.38. The molecule has 0 bridgehead atoms. The smallest absolute Gasteiger partial charge is 0.233 e. The van der Waals surface area contributed by atoms with E-state index in [4.69, 9.17) is 0 Å². The van der Waals surface area contributed by atoms with E-state index in [1.54, 1.807) is 0 Å². The first-order valence-electron chi connectivity index (χ1n) is 9.30. The van der Waals surface area contributed by atoms with Crippen LogP contribution in [0.4, 0.5) is 5.00 Å².